The highest BCUT2D eigenvalue weighted by molar-refractivity contribution is 6.31. The maximum Gasteiger partial charge on any atom is 0.421 e. The van der Waals surface area contributed by atoms with Gasteiger partial charge in [-0.25, -0.2) is 8.91 Å². The summed E-state index contributed by atoms with van der Waals surface area (Å²) in [5.74, 6) is -1.86. The minimum absolute atomic E-state index is 0.128. The molecule has 4 aromatic rings. The number of rotatable bonds is 5. The first-order valence-corrected chi connectivity index (χ1v) is 11.3. The van der Waals surface area contributed by atoms with Gasteiger partial charge in [0.2, 0.25) is 0 Å². The first-order chi connectivity index (χ1) is 17.2. The smallest absolute Gasteiger partial charge is 0.388 e. The van der Waals surface area contributed by atoms with E-state index in [1.165, 1.54) is 32.0 Å². The molecule has 0 saturated heterocycles. The van der Waals surface area contributed by atoms with Crippen LogP contribution in [0.4, 0.5) is 17.6 Å². The quantitative estimate of drug-likeness (QED) is 0.311. The van der Waals surface area contributed by atoms with Crippen LogP contribution in [-0.2, 0) is 6.18 Å². The number of aryl methyl sites for hydroxylation is 1. The van der Waals surface area contributed by atoms with Gasteiger partial charge in [0.15, 0.2) is 5.69 Å². The number of carbonyl (C=O) groups excluding carboxylic acids is 1. The fourth-order valence-electron chi connectivity index (χ4n) is 3.94. The first-order valence-electron chi connectivity index (χ1n) is 10.9. The minimum Gasteiger partial charge on any atom is -0.388 e. The van der Waals surface area contributed by atoms with E-state index in [2.05, 4.69) is 15.4 Å². The summed E-state index contributed by atoms with van der Waals surface area (Å²) in [6.45, 7) is 4.43. The van der Waals surface area contributed by atoms with Crippen LogP contribution in [0.1, 0.15) is 47.1 Å². The van der Waals surface area contributed by atoms with Crippen molar-refractivity contribution in [2.24, 2.45) is 0 Å². The predicted molar refractivity (Wildman–Crippen MR) is 129 cm³/mol. The van der Waals surface area contributed by atoms with E-state index < -0.39 is 51.9 Å². The van der Waals surface area contributed by atoms with Crippen LogP contribution >= 0.6 is 11.6 Å². The highest BCUT2D eigenvalue weighted by atomic mass is 35.5. The van der Waals surface area contributed by atoms with E-state index in [1.54, 1.807) is 19.1 Å². The van der Waals surface area contributed by atoms with Crippen molar-refractivity contribution in [3.63, 3.8) is 0 Å². The molecule has 0 aliphatic rings. The Labute approximate surface area is 212 Å². The second-order valence-corrected chi connectivity index (χ2v) is 9.49. The zero-order chi connectivity index (χ0) is 27.3. The predicted octanol–water partition coefficient (Wildman–Crippen LogP) is 5.05. The van der Waals surface area contributed by atoms with Gasteiger partial charge in [-0.1, -0.05) is 35.9 Å². The number of hydrogen-bond acceptors (Lipinski definition) is 4. The number of nitrogens with one attached hydrogen (secondary N) is 2. The van der Waals surface area contributed by atoms with Crippen LogP contribution in [0.3, 0.4) is 0 Å². The number of aromatic nitrogens is 3. The fraction of sp³-hybridized carbons (Fsp3) is 0.240. The monoisotopic (exact) mass is 536 g/mol. The number of nitrogens with zero attached hydrogens (tertiary/aromatic N) is 2. The molecule has 1 amide bonds. The molecule has 12 heteroatoms. The molecular weight excluding hydrogens is 516 g/mol. The summed E-state index contributed by atoms with van der Waals surface area (Å²) < 4.78 is 56.4. The maximum absolute atomic E-state index is 14.1. The summed E-state index contributed by atoms with van der Waals surface area (Å²) in [5, 5.41) is 17.1. The Balaban J connectivity index is 1.84. The number of halogens is 5. The second-order valence-electron chi connectivity index (χ2n) is 9.09. The number of fused-ring (bicyclic) bond motifs is 1. The van der Waals surface area contributed by atoms with Crippen LogP contribution in [0.5, 0.6) is 0 Å². The number of amides is 1. The molecule has 3 N–H and O–H groups in total. The van der Waals surface area contributed by atoms with Gasteiger partial charge in [-0.05, 0) is 50.1 Å². The molecule has 1 atom stereocenters. The molecule has 2 heterocycles. The Hall–Kier alpha value is -3.70. The van der Waals surface area contributed by atoms with Crippen LogP contribution in [0.15, 0.2) is 53.5 Å². The van der Waals surface area contributed by atoms with E-state index in [1.807, 2.05) is 0 Å². The van der Waals surface area contributed by atoms with E-state index >= 15 is 0 Å². The molecule has 37 heavy (non-hydrogen) atoms. The topological polar surface area (TPSA) is 99.5 Å². The number of aromatic amines is 1. The molecule has 0 bridgehead atoms. The number of H-pyrrole nitrogens is 1. The van der Waals surface area contributed by atoms with Gasteiger partial charge in [-0.15, -0.1) is 0 Å². The van der Waals surface area contributed by atoms with Gasteiger partial charge in [0.05, 0.1) is 23.5 Å². The molecule has 0 aliphatic heterocycles. The second kappa shape index (κ2) is 9.31. The van der Waals surface area contributed by atoms with Crippen LogP contribution in [0.2, 0.25) is 5.02 Å². The van der Waals surface area contributed by atoms with Crippen molar-refractivity contribution in [1.82, 2.24) is 19.9 Å². The molecule has 0 fully saturated rings. The highest BCUT2D eigenvalue weighted by Crippen LogP contribution is 2.35. The van der Waals surface area contributed by atoms with Gasteiger partial charge < -0.3 is 15.4 Å². The number of carbonyl (C=O) groups is 1. The third-order valence-electron chi connectivity index (χ3n) is 5.79. The van der Waals surface area contributed by atoms with Crippen LogP contribution in [-0.4, -0.2) is 31.2 Å². The zero-order valence-electron chi connectivity index (χ0n) is 19.7. The number of alkyl halides is 3. The Bertz CT molecular complexity index is 1550. The normalized spacial score (nSPS) is 13.1. The summed E-state index contributed by atoms with van der Waals surface area (Å²) in [6, 6.07) is 8.36. The summed E-state index contributed by atoms with van der Waals surface area (Å²) in [5.41, 5.74) is -4.69. The zero-order valence-corrected chi connectivity index (χ0v) is 20.5. The van der Waals surface area contributed by atoms with Gasteiger partial charge in [0.25, 0.3) is 11.5 Å². The molecule has 2 aromatic carbocycles. The van der Waals surface area contributed by atoms with Crippen molar-refractivity contribution in [2.75, 3.05) is 0 Å². The molecule has 194 valence electrons. The molecule has 0 spiro atoms. The van der Waals surface area contributed by atoms with E-state index in [4.69, 9.17) is 11.6 Å². The lowest BCUT2D eigenvalue weighted by Crippen LogP contribution is -2.42. The Kier molecular flexibility index (Phi) is 6.63. The van der Waals surface area contributed by atoms with Gasteiger partial charge in [-0.2, -0.15) is 18.3 Å². The SMILES string of the molecule is Cc1ccc(-c2cn3nc(C(=O)N[C@@H](c4ccc(F)cc4)C(C)(C)O)c(C(F)(F)F)c3c(=O)[nH]2)cc1Cl. The fourth-order valence-corrected chi connectivity index (χ4v) is 4.12. The third kappa shape index (κ3) is 5.23. The molecule has 0 saturated carbocycles. The maximum atomic E-state index is 14.1. The van der Waals surface area contributed by atoms with E-state index in [0.29, 0.717) is 15.1 Å². The molecule has 7 nitrogen and oxygen atoms in total. The lowest BCUT2D eigenvalue weighted by molar-refractivity contribution is -0.136. The average molecular weight is 537 g/mol. The number of aliphatic hydroxyl groups is 1. The first kappa shape index (κ1) is 26.4. The summed E-state index contributed by atoms with van der Waals surface area (Å²) in [7, 11) is 0. The third-order valence-corrected chi connectivity index (χ3v) is 6.20. The molecule has 0 radical (unpaired) electrons. The van der Waals surface area contributed by atoms with Gasteiger partial charge in [-0.3, -0.25) is 9.59 Å². The van der Waals surface area contributed by atoms with Crippen molar-refractivity contribution < 1.29 is 27.5 Å². The van der Waals surface area contributed by atoms with E-state index in [0.717, 1.165) is 23.9 Å². The van der Waals surface area contributed by atoms with Crippen LogP contribution in [0.25, 0.3) is 16.8 Å². The molecule has 0 unspecified atom stereocenters. The summed E-state index contributed by atoms with van der Waals surface area (Å²) in [6.07, 6.45) is -3.96. The number of hydrogen-bond donors (Lipinski definition) is 3. The lowest BCUT2D eigenvalue weighted by Gasteiger charge is -2.30. The van der Waals surface area contributed by atoms with Crippen molar-refractivity contribution in [3.05, 3.63) is 92.2 Å². The summed E-state index contributed by atoms with van der Waals surface area (Å²) >= 11 is 6.14. The van der Waals surface area contributed by atoms with Crippen molar-refractivity contribution in [1.29, 1.82) is 0 Å². The average Bonchev–Trinajstić information content (AvgIpc) is 3.20. The van der Waals surface area contributed by atoms with Gasteiger partial charge in [0, 0.05) is 10.6 Å². The molecule has 0 aliphatic carbocycles. The standard InChI is InChI=1S/C25H21ClF4N4O3/c1-12-4-5-14(10-16(12)26)17-11-34-20(23(36)31-17)18(25(28,29)30)19(33-34)22(35)32-21(24(2,3)37)13-6-8-15(27)9-7-13/h4-11,21,37H,1-3H3,(H,31,36)(H,32,35)/t21-/m0/s1. The Morgan fingerprint density at radius 3 is 2.38 bits per heavy atom. The van der Waals surface area contributed by atoms with Gasteiger partial charge in [0.1, 0.15) is 16.9 Å². The molecule has 2 aromatic heterocycles. The van der Waals surface area contributed by atoms with Crippen molar-refractivity contribution in [3.8, 4) is 11.3 Å². The van der Waals surface area contributed by atoms with Crippen molar-refractivity contribution >= 4 is 23.0 Å². The van der Waals surface area contributed by atoms with E-state index in [9.17, 15) is 32.3 Å². The lowest BCUT2D eigenvalue weighted by atomic mass is 9.91. The highest BCUT2D eigenvalue weighted by Gasteiger charge is 2.42. The summed E-state index contributed by atoms with van der Waals surface area (Å²) in [4.78, 5) is 28.3. The Morgan fingerprint density at radius 2 is 1.81 bits per heavy atom. The number of benzene rings is 2. The van der Waals surface area contributed by atoms with E-state index in [-0.39, 0.29) is 11.3 Å². The Morgan fingerprint density at radius 1 is 1.16 bits per heavy atom. The van der Waals surface area contributed by atoms with Gasteiger partial charge >= 0.3 is 6.18 Å². The van der Waals surface area contributed by atoms with Crippen LogP contribution < -0.4 is 10.9 Å². The minimum atomic E-state index is -5.11. The largest absolute Gasteiger partial charge is 0.421 e. The van der Waals surface area contributed by atoms with Crippen molar-refractivity contribution in [2.45, 2.75) is 38.6 Å². The molecule has 4 rings (SSSR count). The van der Waals surface area contributed by atoms with Crippen LogP contribution in [0, 0.1) is 12.7 Å². The molecular formula is C25H21ClF4N4O3.